The van der Waals surface area contributed by atoms with Gasteiger partial charge in [-0.1, -0.05) is 41.9 Å². The smallest absolute Gasteiger partial charge is 0.253 e. The lowest BCUT2D eigenvalue weighted by Crippen LogP contribution is -2.48. The van der Waals surface area contributed by atoms with Crippen molar-refractivity contribution in [3.05, 3.63) is 106 Å². The number of hydrogen-bond donors (Lipinski definition) is 1. The van der Waals surface area contributed by atoms with Gasteiger partial charge < -0.3 is 20.0 Å². The van der Waals surface area contributed by atoms with E-state index in [-0.39, 0.29) is 5.91 Å². The molecule has 40 heavy (non-hydrogen) atoms. The zero-order chi connectivity index (χ0) is 27.6. The van der Waals surface area contributed by atoms with Gasteiger partial charge in [-0.2, -0.15) is 0 Å². The Morgan fingerprint density at radius 3 is 2.55 bits per heavy atom. The maximum absolute atomic E-state index is 13.5. The van der Waals surface area contributed by atoms with Crippen LogP contribution in [-0.2, 0) is 6.54 Å². The lowest BCUT2D eigenvalue weighted by molar-refractivity contribution is 0.0747. The minimum atomic E-state index is 0.0800. The quantitative estimate of drug-likeness (QED) is 0.310. The van der Waals surface area contributed by atoms with Crippen LogP contribution in [0.4, 0.5) is 17.2 Å². The number of fused-ring (bicyclic) bond motifs is 1. The van der Waals surface area contributed by atoms with Crippen molar-refractivity contribution in [2.45, 2.75) is 20.4 Å². The number of rotatable bonds is 5. The second-order valence-electron chi connectivity index (χ2n) is 10.7. The molecule has 4 aromatic rings. The summed E-state index contributed by atoms with van der Waals surface area (Å²) >= 11 is 6.30. The first-order chi connectivity index (χ1) is 19.4. The van der Waals surface area contributed by atoms with Gasteiger partial charge in [0.2, 0.25) is 0 Å². The van der Waals surface area contributed by atoms with Crippen LogP contribution in [0.1, 0.15) is 27.0 Å². The molecule has 204 valence electrons. The minimum absolute atomic E-state index is 0.0800. The molecule has 1 saturated heterocycles. The fourth-order valence-electron chi connectivity index (χ4n) is 5.60. The molecule has 6 nitrogen and oxygen atoms in total. The van der Waals surface area contributed by atoms with E-state index < -0.39 is 0 Å². The van der Waals surface area contributed by atoms with E-state index in [1.165, 1.54) is 22.4 Å². The maximum Gasteiger partial charge on any atom is 0.253 e. The summed E-state index contributed by atoms with van der Waals surface area (Å²) < 4.78 is 0. The van der Waals surface area contributed by atoms with Gasteiger partial charge in [0.1, 0.15) is 5.82 Å². The van der Waals surface area contributed by atoms with Gasteiger partial charge in [-0.15, -0.1) is 0 Å². The molecule has 0 saturated carbocycles. The Kier molecular flexibility index (Phi) is 7.35. The molecule has 1 N–H and O–H groups in total. The average Bonchev–Trinajstić information content (AvgIpc) is 2.99. The summed E-state index contributed by atoms with van der Waals surface area (Å²) in [5.74, 6) is 0.963. The van der Waals surface area contributed by atoms with Crippen LogP contribution < -0.4 is 15.1 Å². The van der Waals surface area contributed by atoms with Crippen LogP contribution in [0.5, 0.6) is 0 Å². The van der Waals surface area contributed by atoms with Crippen molar-refractivity contribution >= 4 is 34.7 Å². The van der Waals surface area contributed by atoms with Crippen LogP contribution >= 0.6 is 11.6 Å². The molecule has 0 unspecified atom stereocenters. The van der Waals surface area contributed by atoms with Gasteiger partial charge in [-0.3, -0.25) is 4.79 Å². The second kappa shape index (κ2) is 11.2. The third-order valence-electron chi connectivity index (χ3n) is 7.93. The van der Waals surface area contributed by atoms with Crippen molar-refractivity contribution in [2.24, 2.45) is 0 Å². The molecular formula is C33H34ClN5O. The fraction of sp³-hybridized carbons (Fsp3) is 0.273. The van der Waals surface area contributed by atoms with Gasteiger partial charge in [-0.05, 0) is 78.6 Å². The van der Waals surface area contributed by atoms with Gasteiger partial charge in [0.15, 0.2) is 0 Å². The van der Waals surface area contributed by atoms with E-state index in [0.29, 0.717) is 18.7 Å². The molecule has 0 radical (unpaired) electrons. The molecule has 6 rings (SSSR count). The van der Waals surface area contributed by atoms with Crippen LogP contribution in [0.25, 0.3) is 11.1 Å². The van der Waals surface area contributed by atoms with E-state index in [1.54, 1.807) is 0 Å². The normalized spacial score (nSPS) is 15.0. The molecule has 7 heteroatoms. The summed E-state index contributed by atoms with van der Waals surface area (Å²) in [5.41, 5.74) is 8.67. The molecule has 2 aliphatic rings. The lowest BCUT2D eigenvalue weighted by atomic mass is 10.0. The molecule has 0 spiro atoms. The number of piperazine rings is 1. The summed E-state index contributed by atoms with van der Waals surface area (Å²) in [7, 11) is 0. The monoisotopic (exact) mass is 551 g/mol. The predicted molar refractivity (Wildman–Crippen MR) is 165 cm³/mol. The van der Waals surface area contributed by atoms with Crippen molar-refractivity contribution in [3.63, 3.8) is 0 Å². The summed E-state index contributed by atoms with van der Waals surface area (Å²) in [6.45, 7) is 9.78. The van der Waals surface area contributed by atoms with E-state index in [9.17, 15) is 4.79 Å². The topological polar surface area (TPSA) is 51.7 Å². The number of carbonyl (C=O) groups excluding carboxylic acids is 1. The predicted octanol–water partition coefficient (Wildman–Crippen LogP) is 6.41. The number of anilines is 3. The summed E-state index contributed by atoms with van der Waals surface area (Å²) in [6, 6.07) is 24.7. The van der Waals surface area contributed by atoms with Crippen molar-refractivity contribution in [2.75, 3.05) is 54.4 Å². The van der Waals surface area contributed by atoms with Gasteiger partial charge in [0.05, 0.1) is 5.69 Å². The Balaban J connectivity index is 1.19. The number of nitrogens with zero attached hydrogens (tertiary/aromatic N) is 4. The summed E-state index contributed by atoms with van der Waals surface area (Å²) in [5, 5.41) is 4.18. The first-order valence-electron chi connectivity index (χ1n) is 13.9. The highest BCUT2D eigenvalue weighted by Gasteiger charge is 2.24. The number of benzene rings is 3. The molecule has 0 aliphatic carbocycles. The van der Waals surface area contributed by atoms with E-state index >= 15 is 0 Å². The largest absolute Gasteiger partial charge is 0.368 e. The summed E-state index contributed by atoms with van der Waals surface area (Å²) in [6.07, 6.45) is 1.89. The van der Waals surface area contributed by atoms with Crippen LogP contribution in [0.2, 0.25) is 5.02 Å². The number of pyridine rings is 1. The molecule has 3 heterocycles. The third-order valence-corrected chi connectivity index (χ3v) is 8.17. The van der Waals surface area contributed by atoms with E-state index in [0.717, 1.165) is 60.4 Å². The Labute approximate surface area is 241 Å². The Bertz CT molecular complexity index is 1550. The molecule has 1 amide bonds. The van der Waals surface area contributed by atoms with Crippen LogP contribution in [-0.4, -0.2) is 55.1 Å². The van der Waals surface area contributed by atoms with E-state index in [1.807, 2.05) is 41.4 Å². The lowest BCUT2D eigenvalue weighted by Gasteiger charge is -2.36. The number of aryl methyl sites for hydroxylation is 2. The first-order valence-corrected chi connectivity index (χ1v) is 14.3. The number of hydrogen-bond acceptors (Lipinski definition) is 5. The fourth-order valence-corrected chi connectivity index (χ4v) is 5.80. The van der Waals surface area contributed by atoms with E-state index in [4.69, 9.17) is 16.6 Å². The molecular weight excluding hydrogens is 518 g/mol. The van der Waals surface area contributed by atoms with Crippen LogP contribution in [0, 0.1) is 13.8 Å². The van der Waals surface area contributed by atoms with Gasteiger partial charge in [0.25, 0.3) is 5.91 Å². The van der Waals surface area contributed by atoms with Crippen molar-refractivity contribution < 1.29 is 4.79 Å². The molecule has 0 bridgehead atoms. The van der Waals surface area contributed by atoms with Gasteiger partial charge in [0, 0.05) is 73.8 Å². The zero-order valence-corrected chi connectivity index (χ0v) is 23.8. The zero-order valence-electron chi connectivity index (χ0n) is 23.0. The standard InChI is InChI=1S/C33H34ClN5O/c1-23-5-3-8-30(17-23)37-13-15-38(16-14-37)33(40)26-7-4-6-25(18-26)27-20-31-32(36-21-27)35-11-12-39(31)22-28-19-29(34)10-9-24(28)2/h3-10,17-21H,11-16,22H2,1-2H3,(H,35,36). The van der Waals surface area contributed by atoms with Gasteiger partial charge in [-0.25, -0.2) is 4.98 Å². The molecule has 2 aliphatic heterocycles. The SMILES string of the molecule is Cc1cccc(N2CCN(C(=O)c3cccc(-c4cnc5c(c4)N(Cc4cc(Cl)ccc4C)CCN5)c3)CC2)c1. The van der Waals surface area contributed by atoms with Crippen LogP contribution in [0.3, 0.4) is 0 Å². The second-order valence-corrected chi connectivity index (χ2v) is 11.1. The summed E-state index contributed by atoms with van der Waals surface area (Å²) in [4.78, 5) is 24.9. The van der Waals surface area contributed by atoms with Crippen molar-refractivity contribution in [3.8, 4) is 11.1 Å². The highest BCUT2D eigenvalue weighted by molar-refractivity contribution is 6.30. The average molecular weight is 552 g/mol. The highest BCUT2D eigenvalue weighted by Crippen LogP contribution is 2.34. The number of amides is 1. The Morgan fingerprint density at radius 1 is 0.900 bits per heavy atom. The third kappa shape index (κ3) is 5.50. The van der Waals surface area contributed by atoms with Crippen molar-refractivity contribution in [1.82, 2.24) is 9.88 Å². The molecule has 1 aromatic heterocycles. The minimum Gasteiger partial charge on any atom is -0.368 e. The maximum atomic E-state index is 13.5. The Hall–Kier alpha value is -4.03. The molecule has 1 fully saturated rings. The van der Waals surface area contributed by atoms with Crippen LogP contribution in [0.15, 0.2) is 79.0 Å². The Morgan fingerprint density at radius 2 is 1.73 bits per heavy atom. The number of halogens is 1. The van der Waals surface area contributed by atoms with Gasteiger partial charge >= 0.3 is 0 Å². The highest BCUT2D eigenvalue weighted by atomic mass is 35.5. The number of carbonyl (C=O) groups is 1. The number of nitrogens with one attached hydrogen (secondary N) is 1. The molecule has 0 atom stereocenters. The van der Waals surface area contributed by atoms with E-state index in [2.05, 4.69) is 71.4 Å². The first kappa shape index (κ1) is 26.2. The van der Waals surface area contributed by atoms with Crippen molar-refractivity contribution in [1.29, 1.82) is 0 Å². The molecule has 3 aromatic carbocycles. The number of aromatic nitrogens is 1.